The van der Waals surface area contributed by atoms with Gasteiger partial charge >= 0.3 is 0 Å². The largest absolute Gasteiger partial charge is 0.394 e. The van der Waals surface area contributed by atoms with Crippen LogP contribution in [0.2, 0.25) is 0 Å². The molecular formula is C24H44O12. The predicted octanol–water partition coefficient (Wildman–Crippen LogP) is -1.46. The van der Waals surface area contributed by atoms with Crippen LogP contribution in [0.3, 0.4) is 0 Å². The van der Waals surface area contributed by atoms with Crippen molar-refractivity contribution in [1.29, 1.82) is 0 Å². The van der Waals surface area contributed by atoms with E-state index in [1.807, 2.05) is 0 Å². The van der Waals surface area contributed by atoms with Gasteiger partial charge in [-0.15, -0.1) is 0 Å². The van der Waals surface area contributed by atoms with Gasteiger partial charge in [0.25, 0.3) is 0 Å². The first kappa shape index (κ1) is 30.1. The van der Waals surface area contributed by atoms with E-state index in [2.05, 4.69) is 6.92 Å². The van der Waals surface area contributed by atoms with Gasteiger partial charge < -0.3 is 59.4 Å². The Morgan fingerprint density at radius 3 is 1.86 bits per heavy atom. The van der Waals surface area contributed by atoms with Crippen molar-refractivity contribution in [3.05, 3.63) is 0 Å². The monoisotopic (exact) mass is 524 g/mol. The summed E-state index contributed by atoms with van der Waals surface area (Å²) in [6.07, 6.45) is -5.14. The van der Waals surface area contributed by atoms with E-state index >= 15 is 0 Å². The number of aliphatic hydroxyl groups is 7. The topological polar surface area (TPSA) is 191 Å². The molecule has 3 heterocycles. The molecule has 212 valence electrons. The Hall–Kier alpha value is -0.480. The van der Waals surface area contributed by atoms with Crippen LogP contribution in [-0.4, -0.2) is 129 Å². The highest BCUT2D eigenvalue weighted by molar-refractivity contribution is 4.94. The molecule has 0 saturated carbocycles. The number of hydrogen-bond acceptors (Lipinski definition) is 12. The maximum Gasteiger partial charge on any atom is 0.187 e. The number of rotatable bonds is 15. The van der Waals surface area contributed by atoms with Crippen molar-refractivity contribution in [2.75, 3.05) is 19.8 Å². The molecule has 0 bridgehead atoms. The fourth-order valence-corrected chi connectivity index (χ4v) is 4.77. The summed E-state index contributed by atoms with van der Waals surface area (Å²) in [7, 11) is 0. The Bertz CT molecular complexity index is 622. The fraction of sp³-hybridized carbons (Fsp3) is 1.00. The second kappa shape index (κ2) is 14.6. The molecule has 0 radical (unpaired) electrons. The Labute approximate surface area is 211 Å². The summed E-state index contributed by atoms with van der Waals surface area (Å²) in [5.74, 6) is 0. The Morgan fingerprint density at radius 2 is 1.19 bits per heavy atom. The molecule has 12 atom stereocenters. The smallest absolute Gasteiger partial charge is 0.187 e. The van der Waals surface area contributed by atoms with E-state index in [4.69, 9.17) is 23.7 Å². The van der Waals surface area contributed by atoms with Gasteiger partial charge in [-0.3, -0.25) is 0 Å². The molecule has 0 unspecified atom stereocenters. The maximum absolute atomic E-state index is 10.6. The summed E-state index contributed by atoms with van der Waals surface area (Å²) in [5.41, 5.74) is 0. The summed E-state index contributed by atoms with van der Waals surface area (Å²) in [6.45, 7) is 1.10. The van der Waals surface area contributed by atoms with Gasteiger partial charge in [-0.05, 0) is 6.42 Å². The Kier molecular flexibility index (Phi) is 12.2. The molecule has 0 aromatic heterocycles. The molecule has 0 amide bonds. The van der Waals surface area contributed by atoms with E-state index in [1.165, 1.54) is 38.5 Å². The summed E-state index contributed by atoms with van der Waals surface area (Å²) < 4.78 is 27.7. The molecule has 36 heavy (non-hydrogen) atoms. The van der Waals surface area contributed by atoms with E-state index in [1.54, 1.807) is 0 Å². The third kappa shape index (κ3) is 7.78. The lowest BCUT2D eigenvalue weighted by molar-refractivity contribution is -0.359. The minimum atomic E-state index is -1.71. The lowest BCUT2D eigenvalue weighted by atomic mass is 9.97. The average molecular weight is 525 g/mol. The SMILES string of the molecule is CCCCCCCCC[C@@H]1O[C@H]1CO[C@@H]1O[C@H](CO)[C@@H](O[C@H]2O[C@H](CO)[C@@H](O)[C@H](O)[C@H]2O)[C@H](O)[C@H]1O. The van der Waals surface area contributed by atoms with Crippen LogP contribution in [0.4, 0.5) is 0 Å². The summed E-state index contributed by atoms with van der Waals surface area (Å²) >= 11 is 0. The molecule has 0 aliphatic carbocycles. The van der Waals surface area contributed by atoms with Crippen molar-refractivity contribution in [3.63, 3.8) is 0 Å². The molecule has 0 aromatic carbocycles. The zero-order valence-electron chi connectivity index (χ0n) is 20.9. The molecule has 3 aliphatic rings. The molecule has 3 rings (SSSR count). The molecule has 12 nitrogen and oxygen atoms in total. The number of aliphatic hydroxyl groups excluding tert-OH is 7. The van der Waals surface area contributed by atoms with Gasteiger partial charge in [0.15, 0.2) is 12.6 Å². The standard InChI is InChI=1S/C24H44O12/c1-2-3-4-5-6-7-8-9-13-16(33-13)12-32-23-21(31)19(29)22(15(11-26)35-23)36-24-20(30)18(28)17(27)14(10-25)34-24/h13-31H,2-12H2,1H3/t13-,14+,15+,16-,17+,18-,19+,20+,21+,22+,23+,24+/m0/s1. The summed E-state index contributed by atoms with van der Waals surface area (Å²) in [6, 6.07) is 0. The van der Waals surface area contributed by atoms with Crippen LogP contribution >= 0.6 is 0 Å². The van der Waals surface area contributed by atoms with Gasteiger partial charge in [0.1, 0.15) is 54.9 Å². The molecule has 0 aromatic rings. The van der Waals surface area contributed by atoms with Gasteiger partial charge in [-0.2, -0.15) is 0 Å². The van der Waals surface area contributed by atoms with E-state index in [0.29, 0.717) is 0 Å². The fourth-order valence-electron chi connectivity index (χ4n) is 4.77. The van der Waals surface area contributed by atoms with Crippen LogP contribution in [0.5, 0.6) is 0 Å². The zero-order chi connectivity index (χ0) is 26.2. The van der Waals surface area contributed by atoms with Crippen LogP contribution in [0.25, 0.3) is 0 Å². The highest BCUT2D eigenvalue weighted by atomic mass is 16.7. The predicted molar refractivity (Wildman–Crippen MR) is 124 cm³/mol. The number of unbranched alkanes of at least 4 members (excludes halogenated alkanes) is 6. The Morgan fingerprint density at radius 1 is 0.583 bits per heavy atom. The second-order valence-corrected chi connectivity index (χ2v) is 9.96. The number of epoxide rings is 1. The van der Waals surface area contributed by atoms with Crippen LogP contribution in [-0.2, 0) is 23.7 Å². The molecule has 0 spiro atoms. The highest BCUT2D eigenvalue weighted by Crippen LogP contribution is 2.32. The first-order valence-electron chi connectivity index (χ1n) is 13.2. The third-order valence-electron chi connectivity index (χ3n) is 7.16. The highest BCUT2D eigenvalue weighted by Gasteiger charge is 2.51. The van der Waals surface area contributed by atoms with Gasteiger partial charge in [-0.1, -0.05) is 51.9 Å². The number of hydrogen-bond donors (Lipinski definition) is 7. The minimum absolute atomic E-state index is 0.0993. The molecule has 3 saturated heterocycles. The second-order valence-electron chi connectivity index (χ2n) is 9.96. The Balaban J connectivity index is 1.42. The quantitative estimate of drug-likeness (QED) is 0.0974. The summed E-state index contributed by atoms with van der Waals surface area (Å²) in [4.78, 5) is 0. The number of ether oxygens (including phenoxy) is 5. The minimum Gasteiger partial charge on any atom is -0.394 e. The van der Waals surface area contributed by atoms with E-state index in [-0.39, 0.29) is 18.8 Å². The van der Waals surface area contributed by atoms with Crippen molar-refractivity contribution in [3.8, 4) is 0 Å². The third-order valence-corrected chi connectivity index (χ3v) is 7.16. The van der Waals surface area contributed by atoms with E-state index in [9.17, 15) is 35.7 Å². The lowest BCUT2D eigenvalue weighted by Crippen LogP contribution is -2.64. The first-order chi connectivity index (χ1) is 17.3. The van der Waals surface area contributed by atoms with Crippen molar-refractivity contribution in [2.45, 2.75) is 132 Å². The maximum atomic E-state index is 10.6. The van der Waals surface area contributed by atoms with Gasteiger partial charge in [-0.25, -0.2) is 0 Å². The first-order valence-corrected chi connectivity index (χ1v) is 13.2. The van der Waals surface area contributed by atoms with E-state index < -0.39 is 74.6 Å². The summed E-state index contributed by atoms with van der Waals surface area (Å²) in [5, 5.41) is 70.3. The normalized spacial score (nSPS) is 43.0. The van der Waals surface area contributed by atoms with Gasteiger partial charge in [0.05, 0.1) is 25.9 Å². The molecule has 3 fully saturated rings. The molecule has 12 heteroatoms. The van der Waals surface area contributed by atoms with Crippen molar-refractivity contribution >= 4 is 0 Å². The van der Waals surface area contributed by atoms with Crippen molar-refractivity contribution in [1.82, 2.24) is 0 Å². The van der Waals surface area contributed by atoms with Crippen LogP contribution < -0.4 is 0 Å². The van der Waals surface area contributed by atoms with Crippen molar-refractivity contribution in [2.24, 2.45) is 0 Å². The van der Waals surface area contributed by atoms with E-state index in [0.717, 1.165) is 12.8 Å². The van der Waals surface area contributed by atoms with Crippen molar-refractivity contribution < 1.29 is 59.4 Å². The van der Waals surface area contributed by atoms with Crippen LogP contribution in [0.15, 0.2) is 0 Å². The average Bonchev–Trinajstić information content (AvgIpc) is 3.63. The van der Waals surface area contributed by atoms with Crippen LogP contribution in [0.1, 0.15) is 58.3 Å². The van der Waals surface area contributed by atoms with Gasteiger partial charge in [0.2, 0.25) is 0 Å². The zero-order valence-corrected chi connectivity index (χ0v) is 20.9. The molecular weight excluding hydrogens is 480 g/mol. The lowest BCUT2D eigenvalue weighted by Gasteiger charge is -2.45. The van der Waals surface area contributed by atoms with Crippen LogP contribution in [0, 0.1) is 0 Å². The molecule has 7 N–H and O–H groups in total. The van der Waals surface area contributed by atoms with Gasteiger partial charge in [0, 0.05) is 0 Å². The molecule has 3 aliphatic heterocycles.